The van der Waals surface area contributed by atoms with E-state index in [2.05, 4.69) is 16.2 Å². The molecule has 2 aliphatic rings. The van der Waals surface area contributed by atoms with Crippen molar-refractivity contribution in [1.82, 2.24) is 20.5 Å². The third-order valence-electron chi connectivity index (χ3n) is 5.32. The molecule has 2 heterocycles. The van der Waals surface area contributed by atoms with Crippen molar-refractivity contribution in [2.45, 2.75) is 37.5 Å². The summed E-state index contributed by atoms with van der Waals surface area (Å²) in [7, 11) is -3.26. The Labute approximate surface area is 159 Å². The number of sulfonamides is 1. The molecule has 2 fully saturated rings. The standard InChI is InChI=1S/C18H27FN4O3S/c19-16-4-1-15(2-5-16)11-20-18(24)6-3-14-7-9-23(10-8-14)27(25,26)17-12-21-22-13-17/h1-2,4-5,14,17,21-22H,3,6-13H2,(H,20,24). The second kappa shape index (κ2) is 9.09. The molecule has 1 aromatic rings. The van der Waals surface area contributed by atoms with Crippen LogP contribution in [0.15, 0.2) is 24.3 Å². The van der Waals surface area contributed by atoms with E-state index in [1.54, 1.807) is 16.4 Å². The number of amides is 1. The topological polar surface area (TPSA) is 90.5 Å². The Morgan fingerprint density at radius 2 is 1.78 bits per heavy atom. The van der Waals surface area contributed by atoms with Gasteiger partial charge in [0.15, 0.2) is 0 Å². The third kappa shape index (κ3) is 5.47. The van der Waals surface area contributed by atoms with E-state index < -0.39 is 15.3 Å². The van der Waals surface area contributed by atoms with Crippen LogP contribution < -0.4 is 16.2 Å². The Kier molecular flexibility index (Phi) is 6.80. The predicted molar refractivity (Wildman–Crippen MR) is 100 cm³/mol. The van der Waals surface area contributed by atoms with E-state index in [1.807, 2.05) is 0 Å². The van der Waals surface area contributed by atoms with Gasteiger partial charge in [-0.05, 0) is 42.9 Å². The van der Waals surface area contributed by atoms with Gasteiger partial charge in [-0.3, -0.25) is 15.6 Å². The number of halogens is 1. The van der Waals surface area contributed by atoms with Gasteiger partial charge in [0, 0.05) is 39.1 Å². The minimum atomic E-state index is -3.26. The smallest absolute Gasteiger partial charge is 0.220 e. The number of carbonyl (C=O) groups is 1. The molecule has 0 atom stereocenters. The van der Waals surface area contributed by atoms with E-state index in [9.17, 15) is 17.6 Å². The summed E-state index contributed by atoms with van der Waals surface area (Å²) >= 11 is 0. The first-order chi connectivity index (χ1) is 12.9. The second-order valence-electron chi connectivity index (χ2n) is 7.21. The molecule has 0 saturated carbocycles. The maximum atomic E-state index is 12.9. The summed E-state index contributed by atoms with van der Waals surface area (Å²) in [6.45, 7) is 2.33. The van der Waals surface area contributed by atoms with Crippen LogP contribution in [0, 0.1) is 11.7 Å². The number of benzene rings is 1. The van der Waals surface area contributed by atoms with Crippen molar-refractivity contribution in [3.63, 3.8) is 0 Å². The summed E-state index contributed by atoms with van der Waals surface area (Å²) in [5.41, 5.74) is 6.59. The first kappa shape index (κ1) is 20.2. The van der Waals surface area contributed by atoms with Gasteiger partial charge < -0.3 is 5.32 Å². The summed E-state index contributed by atoms with van der Waals surface area (Å²) in [5.74, 6) is 0.0456. The Morgan fingerprint density at radius 3 is 2.41 bits per heavy atom. The summed E-state index contributed by atoms with van der Waals surface area (Å²) in [6, 6.07) is 6.06. The number of rotatable bonds is 7. The quantitative estimate of drug-likeness (QED) is 0.630. The van der Waals surface area contributed by atoms with Gasteiger partial charge in [0.05, 0.1) is 0 Å². The number of piperidine rings is 1. The van der Waals surface area contributed by atoms with Gasteiger partial charge in [-0.25, -0.2) is 17.1 Å². The zero-order valence-corrected chi connectivity index (χ0v) is 16.1. The fourth-order valence-corrected chi connectivity index (χ4v) is 5.27. The Bertz CT molecular complexity index is 727. The summed E-state index contributed by atoms with van der Waals surface area (Å²) < 4.78 is 39.6. The molecule has 0 unspecified atom stereocenters. The van der Waals surface area contributed by atoms with Gasteiger partial charge in [-0.1, -0.05) is 12.1 Å². The van der Waals surface area contributed by atoms with Crippen LogP contribution in [0.4, 0.5) is 4.39 Å². The summed E-state index contributed by atoms with van der Waals surface area (Å²) in [5, 5.41) is 2.45. The van der Waals surface area contributed by atoms with Crippen LogP contribution in [0.3, 0.4) is 0 Å². The number of hydrogen-bond donors (Lipinski definition) is 3. The highest BCUT2D eigenvalue weighted by molar-refractivity contribution is 7.89. The molecule has 0 spiro atoms. The van der Waals surface area contributed by atoms with E-state index >= 15 is 0 Å². The first-order valence-corrected chi connectivity index (χ1v) is 10.9. The monoisotopic (exact) mass is 398 g/mol. The maximum absolute atomic E-state index is 12.9. The van der Waals surface area contributed by atoms with Gasteiger partial charge in [0.2, 0.25) is 15.9 Å². The highest BCUT2D eigenvalue weighted by Gasteiger charge is 2.36. The largest absolute Gasteiger partial charge is 0.352 e. The lowest BCUT2D eigenvalue weighted by atomic mass is 9.93. The van der Waals surface area contributed by atoms with Crippen molar-refractivity contribution in [3.05, 3.63) is 35.6 Å². The molecule has 2 saturated heterocycles. The lowest BCUT2D eigenvalue weighted by Crippen LogP contribution is -2.45. The first-order valence-electron chi connectivity index (χ1n) is 9.41. The van der Waals surface area contributed by atoms with Crippen molar-refractivity contribution in [3.8, 4) is 0 Å². The fourth-order valence-electron chi connectivity index (χ4n) is 3.54. The van der Waals surface area contributed by atoms with Crippen molar-refractivity contribution in [1.29, 1.82) is 0 Å². The molecule has 3 N–H and O–H groups in total. The molecule has 9 heteroatoms. The van der Waals surface area contributed by atoms with Gasteiger partial charge in [-0.2, -0.15) is 0 Å². The average molecular weight is 399 g/mol. The van der Waals surface area contributed by atoms with Crippen molar-refractivity contribution >= 4 is 15.9 Å². The van der Waals surface area contributed by atoms with Crippen molar-refractivity contribution in [2.75, 3.05) is 26.2 Å². The average Bonchev–Trinajstić information content (AvgIpc) is 3.22. The molecule has 0 radical (unpaired) electrons. The Balaban J connectivity index is 1.36. The van der Waals surface area contributed by atoms with Gasteiger partial charge in [0.25, 0.3) is 0 Å². The lowest BCUT2D eigenvalue weighted by Gasteiger charge is -2.32. The molecule has 1 aromatic carbocycles. The number of carbonyl (C=O) groups excluding carboxylic acids is 1. The Morgan fingerprint density at radius 1 is 1.15 bits per heavy atom. The SMILES string of the molecule is O=C(CCC1CCN(S(=O)(=O)C2CNNC2)CC1)NCc1ccc(F)cc1. The van der Waals surface area contributed by atoms with Crippen LogP contribution in [0.5, 0.6) is 0 Å². The summed E-state index contributed by atoms with van der Waals surface area (Å²) in [4.78, 5) is 12.0. The number of nitrogens with one attached hydrogen (secondary N) is 3. The molecule has 3 rings (SSSR count). The molecular weight excluding hydrogens is 371 g/mol. The number of nitrogens with zero attached hydrogens (tertiary/aromatic N) is 1. The molecule has 2 aliphatic heterocycles. The van der Waals surface area contributed by atoms with Crippen LogP contribution in [-0.2, 0) is 21.4 Å². The molecular formula is C18H27FN4O3S. The number of hydrogen-bond acceptors (Lipinski definition) is 5. The predicted octanol–water partition coefficient (Wildman–Crippen LogP) is 0.740. The molecule has 7 nitrogen and oxygen atoms in total. The fraction of sp³-hybridized carbons (Fsp3) is 0.611. The van der Waals surface area contributed by atoms with Crippen LogP contribution in [-0.4, -0.2) is 50.1 Å². The number of hydrazine groups is 1. The van der Waals surface area contributed by atoms with Crippen LogP contribution in [0.1, 0.15) is 31.2 Å². The zero-order valence-electron chi connectivity index (χ0n) is 15.3. The van der Waals surface area contributed by atoms with Gasteiger partial charge in [-0.15, -0.1) is 0 Å². The van der Waals surface area contributed by atoms with E-state index in [-0.39, 0.29) is 11.7 Å². The minimum absolute atomic E-state index is 0.0301. The normalized spacial score (nSPS) is 20.0. The molecule has 27 heavy (non-hydrogen) atoms. The molecule has 1 amide bonds. The lowest BCUT2D eigenvalue weighted by molar-refractivity contribution is -0.121. The molecule has 150 valence electrons. The van der Waals surface area contributed by atoms with E-state index in [0.717, 1.165) is 24.8 Å². The van der Waals surface area contributed by atoms with Crippen molar-refractivity contribution < 1.29 is 17.6 Å². The summed E-state index contributed by atoms with van der Waals surface area (Å²) in [6.07, 6.45) is 2.76. The maximum Gasteiger partial charge on any atom is 0.220 e. The van der Waals surface area contributed by atoms with Crippen LogP contribution in [0.25, 0.3) is 0 Å². The highest BCUT2D eigenvalue weighted by Crippen LogP contribution is 2.25. The van der Waals surface area contributed by atoms with Crippen LogP contribution in [0.2, 0.25) is 0 Å². The molecule has 0 aliphatic carbocycles. The van der Waals surface area contributed by atoms with E-state index in [1.165, 1.54) is 12.1 Å². The molecule has 0 bridgehead atoms. The Hall–Kier alpha value is -1.55. The van der Waals surface area contributed by atoms with E-state index in [0.29, 0.717) is 45.1 Å². The van der Waals surface area contributed by atoms with E-state index in [4.69, 9.17) is 0 Å². The van der Waals surface area contributed by atoms with Gasteiger partial charge >= 0.3 is 0 Å². The highest BCUT2D eigenvalue weighted by atomic mass is 32.2. The van der Waals surface area contributed by atoms with Crippen molar-refractivity contribution in [2.24, 2.45) is 5.92 Å². The molecule has 0 aromatic heterocycles. The minimum Gasteiger partial charge on any atom is -0.352 e. The van der Waals surface area contributed by atoms with Crippen LogP contribution >= 0.6 is 0 Å². The zero-order chi connectivity index (χ0) is 19.3. The third-order valence-corrected chi connectivity index (χ3v) is 7.58. The second-order valence-corrected chi connectivity index (χ2v) is 9.43. The van der Waals surface area contributed by atoms with Gasteiger partial charge in [0.1, 0.15) is 11.1 Å².